The van der Waals surface area contributed by atoms with Gasteiger partial charge in [0.1, 0.15) is 18.0 Å². The SMILES string of the molecule is Cc1cc([N+](=O)[O-])ccc1N1CCN(c2cc(N3CCOCC3)ncn2)CC1. The van der Waals surface area contributed by atoms with Crippen LogP contribution in [0.1, 0.15) is 5.56 Å². The van der Waals surface area contributed by atoms with Crippen LogP contribution in [-0.2, 0) is 4.74 Å². The summed E-state index contributed by atoms with van der Waals surface area (Å²) in [5.74, 6) is 1.89. The summed E-state index contributed by atoms with van der Waals surface area (Å²) in [6.45, 7) is 8.46. The highest BCUT2D eigenvalue weighted by Gasteiger charge is 2.22. The zero-order valence-corrected chi connectivity index (χ0v) is 16.0. The van der Waals surface area contributed by atoms with E-state index in [0.29, 0.717) is 0 Å². The molecule has 2 aliphatic rings. The van der Waals surface area contributed by atoms with E-state index in [0.717, 1.165) is 75.4 Å². The second-order valence-corrected chi connectivity index (χ2v) is 7.04. The van der Waals surface area contributed by atoms with Gasteiger partial charge in [0.2, 0.25) is 0 Å². The Kier molecular flexibility index (Phi) is 5.25. The third-order valence-electron chi connectivity index (χ3n) is 5.31. The van der Waals surface area contributed by atoms with Crippen LogP contribution in [0.25, 0.3) is 0 Å². The third-order valence-corrected chi connectivity index (χ3v) is 5.31. The number of ether oxygens (including phenoxy) is 1. The van der Waals surface area contributed by atoms with Gasteiger partial charge in [0, 0.05) is 63.2 Å². The van der Waals surface area contributed by atoms with Crippen LogP contribution in [0, 0.1) is 17.0 Å². The molecule has 9 nitrogen and oxygen atoms in total. The minimum atomic E-state index is -0.351. The summed E-state index contributed by atoms with van der Waals surface area (Å²) < 4.78 is 5.41. The van der Waals surface area contributed by atoms with Crippen LogP contribution in [0.3, 0.4) is 0 Å². The van der Waals surface area contributed by atoms with Gasteiger partial charge >= 0.3 is 0 Å². The number of rotatable bonds is 4. The normalized spacial score (nSPS) is 17.7. The molecule has 1 aromatic carbocycles. The molecule has 0 radical (unpaired) electrons. The Labute approximate surface area is 163 Å². The van der Waals surface area contributed by atoms with Crippen molar-refractivity contribution in [1.82, 2.24) is 9.97 Å². The summed E-state index contributed by atoms with van der Waals surface area (Å²) >= 11 is 0. The average Bonchev–Trinajstić information content (AvgIpc) is 2.74. The monoisotopic (exact) mass is 384 g/mol. The zero-order valence-electron chi connectivity index (χ0n) is 16.0. The number of benzene rings is 1. The van der Waals surface area contributed by atoms with Crippen LogP contribution >= 0.6 is 0 Å². The summed E-state index contributed by atoms with van der Waals surface area (Å²) in [4.78, 5) is 26.3. The van der Waals surface area contributed by atoms with Crippen molar-refractivity contribution in [2.24, 2.45) is 0 Å². The lowest BCUT2D eigenvalue weighted by molar-refractivity contribution is -0.384. The summed E-state index contributed by atoms with van der Waals surface area (Å²) in [5.41, 5.74) is 2.12. The minimum Gasteiger partial charge on any atom is -0.378 e. The van der Waals surface area contributed by atoms with E-state index >= 15 is 0 Å². The second-order valence-electron chi connectivity index (χ2n) is 7.04. The van der Waals surface area contributed by atoms with Crippen LogP contribution in [0.4, 0.5) is 23.0 Å². The average molecular weight is 384 g/mol. The van der Waals surface area contributed by atoms with E-state index in [1.807, 2.05) is 13.0 Å². The Balaban J connectivity index is 1.42. The number of aromatic nitrogens is 2. The van der Waals surface area contributed by atoms with E-state index in [4.69, 9.17) is 4.74 Å². The van der Waals surface area contributed by atoms with Gasteiger partial charge in [0.15, 0.2) is 0 Å². The molecule has 0 saturated carbocycles. The number of anilines is 3. The van der Waals surface area contributed by atoms with Gasteiger partial charge in [0.25, 0.3) is 5.69 Å². The van der Waals surface area contributed by atoms with Crippen molar-refractivity contribution in [3.63, 3.8) is 0 Å². The standard InChI is InChI=1S/C19H24N6O3/c1-15-12-16(25(26)27)2-3-17(15)22-4-6-23(7-5-22)18-13-19(21-14-20-18)24-8-10-28-11-9-24/h2-3,12-14H,4-11H2,1H3. The number of hydrogen-bond acceptors (Lipinski definition) is 8. The van der Waals surface area contributed by atoms with Crippen molar-refractivity contribution in [1.29, 1.82) is 0 Å². The molecule has 9 heteroatoms. The number of hydrogen-bond donors (Lipinski definition) is 0. The lowest BCUT2D eigenvalue weighted by Gasteiger charge is -2.37. The van der Waals surface area contributed by atoms with Crippen LogP contribution in [0.2, 0.25) is 0 Å². The van der Waals surface area contributed by atoms with Gasteiger partial charge in [0.05, 0.1) is 18.1 Å². The Morgan fingerprint density at radius 2 is 1.54 bits per heavy atom. The molecule has 0 atom stereocenters. The molecule has 28 heavy (non-hydrogen) atoms. The van der Waals surface area contributed by atoms with Gasteiger partial charge in [-0.3, -0.25) is 10.1 Å². The molecule has 0 N–H and O–H groups in total. The van der Waals surface area contributed by atoms with Gasteiger partial charge in [-0.2, -0.15) is 0 Å². The first-order chi connectivity index (χ1) is 13.6. The Bertz CT molecular complexity index is 847. The molecule has 3 heterocycles. The molecule has 4 rings (SSSR count). The van der Waals surface area contributed by atoms with Crippen molar-refractivity contribution < 1.29 is 9.66 Å². The first-order valence-corrected chi connectivity index (χ1v) is 9.51. The molecule has 148 valence electrons. The lowest BCUT2D eigenvalue weighted by Crippen LogP contribution is -2.47. The Hall–Kier alpha value is -2.94. The first-order valence-electron chi connectivity index (χ1n) is 9.51. The molecule has 2 saturated heterocycles. The molecular weight excluding hydrogens is 360 g/mol. The largest absolute Gasteiger partial charge is 0.378 e. The maximum atomic E-state index is 10.9. The fraction of sp³-hybridized carbons (Fsp3) is 0.474. The topological polar surface area (TPSA) is 87.9 Å². The summed E-state index contributed by atoms with van der Waals surface area (Å²) in [6.07, 6.45) is 1.63. The van der Waals surface area contributed by atoms with Gasteiger partial charge in [-0.15, -0.1) is 0 Å². The zero-order chi connectivity index (χ0) is 19.5. The van der Waals surface area contributed by atoms with Gasteiger partial charge in [-0.05, 0) is 18.6 Å². The van der Waals surface area contributed by atoms with Crippen molar-refractivity contribution in [3.8, 4) is 0 Å². The molecule has 2 aromatic rings. The fourth-order valence-electron chi connectivity index (χ4n) is 3.76. The summed E-state index contributed by atoms with van der Waals surface area (Å²) in [6, 6.07) is 7.12. The molecule has 2 fully saturated rings. The number of aryl methyl sites for hydroxylation is 1. The molecular formula is C19H24N6O3. The minimum absolute atomic E-state index is 0.136. The molecule has 0 spiro atoms. The van der Waals surface area contributed by atoms with Crippen LogP contribution in [-0.4, -0.2) is 67.4 Å². The van der Waals surface area contributed by atoms with E-state index in [1.165, 1.54) is 0 Å². The first kappa shape index (κ1) is 18.4. The van der Waals surface area contributed by atoms with Crippen LogP contribution in [0.5, 0.6) is 0 Å². The van der Waals surface area contributed by atoms with E-state index in [-0.39, 0.29) is 10.6 Å². The molecule has 0 unspecified atom stereocenters. The van der Waals surface area contributed by atoms with Gasteiger partial charge < -0.3 is 19.4 Å². The number of non-ortho nitro benzene ring substituents is 1. The van der Waals surface area contributed by atoms with E-state index < -0.39 is 0 Å². The summed E-state index contributed by atoms with van der Waals surface area (Å²) in [7, 11) is 0. The highest BCUT2D eigenvalue weighted by Crippen LogP contribution is 2.27. The number of piperazine rings is 1. The maximum Gasteiger partial charge on any atom is 0.269 e. The highest BCUT2D eigenvalue weighted by atomic mass is 16.6. The number of nitro benzene ring substituents is 1. The third kappa shape index (κ3) is 3.84. The van der Waals surface area contributed by atoms with Crippen molar-refractivity contribution in [3.05, 3.63) is 46.3 Å². The Morgan fingerprint density at radius 1 is 0.929 bits per heavy atom. The number of nitro groups is 1. The number of morpholine rings is 1. The molecule has 0 amide bonds. The maximum absolute atomic E-state index is 10.9. The predicted molar refractivity (Wildman–Crippen MR) is 107 cm³/mol. The molecule has 2 aliphatic heterocycles. The Morgan fingerprint density at radius 3 is 2.14 bits per heavy atom. The van der Waals surface area contributed by atoms with Crippen LogP contribution in [0.15, 0.2) is 30.6 Å². The second kappa shape index (κ2) is 7.97. The summed E-state index contributed by atoms with van der Waals surface area (Å²) in [5, 5.41) is 10.9. The quantitative estimate of drug-likeness (QED) is 0.583. The molecule has 0 bridgehead atoms. The van der Waals surface area contributed by atoms with Crippen LogP contribution < -0.4 is 14.7 Å². The van der Waals surface area contributed by atoms with Gasteiger partial charge in [-0.25, -0.2) is 9.97 Å². The van der Waals surface area contributed by atoms with E-state index in [2.05, 4.69) is 30.7 Å². The van der Waals surface area contributed by atoms with Gasteiger partial charge in [-0.1, -0.05) is 0 Å². The van der Waals surface area contributed by atoms with Crippen molar-refractivity contribution >= 4 is 23.0 Å². The van der Waals surface area contributed by atoms with Crippen molar-refractivity contribution in [2.75, 3.05) is 67.2 Å². The fourth-order valence-corrected chi connectivity index (χ4v) is 3.76. The molecule has 1 aromatic heterocycles. The number of nitrogens with zero attached hydrogens (tertiary/aromatic N) is 6. The smallest absolute Gasteiger partial charge is 0.269 e. The van der Waals surface area contributed by atoms with Crippen molar-refractivity contribution in [2.45, 2.75) is 6.92 Å². The van der Waals surface area contributed by atoms with E-state index in [9.17, 15) is 10.1 Å². The van der Waals surface area contributed by atoms with E-state index in [1.54, 1.807) is 18.5 Å². The lowest BCUT2D eigenvalue weighted by atomic mass is 10.1. The molecule has 0 aliphatic carbocycles. The predicted octanol–water partition coefficient (Wildman–Crippen LogP) is 1.86. The highest BCUT2D eigenvalue weighted by molar-refractivity contribution is 5.59.